The highest BCUT2D eigenvalue weighted by Gasteiger charge is 2.07. The van der Waals surface area contributed by atoms with Crippen LogP contribution in [-0.2, 0) is 11.2 Å². The van der Waals surface area contributed by atoms with Crippen LogP contribution in [0.1, 0.15) is 12.0 Å². The molecule has 1 heterocycles. The topological polar surface area (TPSA) is 90.9 Å². The van der Waals surface area contributed by atoms with Gasteiger partial charge in [0.2, 0.25) is 0 Å². The van der Waals surface area contributed by atoms with Crippen molar-refractivity contribution in [1.29, 1.82) is 0 Å². The van der Waals surface area contributed by atoms with Crippen molar-refractivity contribution in [2.45, 2.75) is 12.8 Å². The number of hydrogen-bond donors (Lipinski definition) is 3. The monoisotopic (exact) mass is 266 g/mol. The number of halogens is 1. The third-order valence-corrected chi connectivity index (χ3v) is 2.59. The molecule has 0 aliphatic carbocycles. The zero-order valence-corrected chi connectivity index (χ0v) is 10.1. The zero-order valence-electron chi connectivity index (χ0n) is 9.35. The van der Waals surface area contributed by atoms with E-state index in [1.165, 1.54) is 6.20 Å². The van der Waals surface area contributed by atoms with Crippen molar-refractivity contribution in [2.75, 3.05) is 5.32 Å². The lowest BCUT2D eigenvalue weighted by Gasteiger charge is -2.09. The molecule has 0 fully saturated rings. The molecular weight excluding hydrogens is 256 g/mol. The predicted molar refractivity (Wildman–Crippen MR) is 67.1 cm³/mol. The van der Waals surface area contributed by atoms with Gasteiger partial charge in [-0.2, -0.15) is 10.3 Å². The number of carboxylic acid groups (broad SMARTS) is 1. The molecule has 6 nitrogen and oxygen atoms in total. The normalized spacial score (nSPS) is 10.3. The number of nitrogens with zero attached hydrogens (tertiary/aromatic N) is 2. The van der Waals surface area contributed by atoms with Crippen molar-refractivity contribution in [3.05, 3.63) is 35.0 Å². The van der Waals surface area contributed by atoms with E-state index < -0.39 is 5.97 Å². The SMILES string of the molecule is O=C(O)CCc1cc(Cl)ccc1Nc1cn[nH]n1. The summed E-state index contributed by atoms with van der Waals surface area (Å²) in [5.41, 5.74) is 1.60. The van der Waals surface area contributed by atoms with Crippen molar-refractivity contribution in [3.8, 4) is 0 Å². The average Bonchev–Trinajstić information content (AvgIpc) is 2.82. The molecule has 18 heavy (non-hydrogen) atoms. The maximum atomic E-state index is 10.6. The molecule has 0 radical (unpaired) electrons. The Kier molecular flexibility index (Phi) is 3.78. The molecule has 2 aromatic rings. The van der Waals surface area contributed by atoms with Gasteiger partial charge in [-0.05, 0) is 30.2 Å². The van der Waals surface area contributed by atoms with E-state index in [2.05, 4.69) is 20.7 Å². The fraction of sp³-hybridized carbons (Fsp3) is 0.182. The van der Waals surface area contributed by atoms with Crippen molar-refractivity contribution >= 4 is 29.1 Å². The van der Waals surface area contributed by atoms with E-state index in [0.29, 0.717) is 17.3 Å². The van der Waals surface area contributed by atoms with Gasteiger partial charge in [0, 0.05) is 17.1 Å². The van der Waals surface area contributed by atoms with E-state index in [4.69, 9.17) is 16.7 Å². The smallest absolute Gasteiger partial charge is 0.303 e. The number of carbonyl (C=O) groups is 1. The summed E-state index contributed by atoms with van der Waals surface area (Å²) in [6, 6.07) is 5.26. The van der Waals surface area contributed by atoms with Gasteiger partial charge in [0.1, 0.15) is 0 Å². The predicted octanol–water partition coefficient (Wildman–Crippen LogP) is 2.22. The van der Waals surface area contributed by atoms with Gasteiger partial charge >= 0.3 is 5.97 Å². The summed E-state index contributed by atoms with van der Waals surface area (Å²) < 4.78 is 0. The van der Waals surface area contributed by atoms with Crippen LogP contribution in [0, 0.1) is 0 Å². The van der Waals surface area contributed by atoms with Crippen LogP contribution in [0.25, 0.3) is 0 Å². The first-order valence-electron chi connectivity index (χ1n) is 5.28. The Labute approximate surface area is 108 Å². The Morgan fingerprint density at radius 1 is 1.50 bits per heavy atom. The molecule has 2 rings (SSSR count). The number of carboxylic acids is 1. The molecule has 0 bridgehead atoms. The van der Waals surface area contributed by atoms with Crippen LogP contribution in [0.15, 0.2) is 24.4 Å². The van der Waals surface area contributed by atoms with Crippen LogP contribution in [0.4, 0.5) is 11.5 Å². The first-order chi connectivity index (χ1) is 8.65. The van der Waals surface area contributed by atoms with Crippen LogP contribution in [-0.4, -0.2) is 26.5 Å². The highest BCUT2D eigenvalue weighted by Crippen LogP contribution is 2.24. The van der Waals surface area contributed by atoms with Gasteiger partial charge < -0.3 is 10.4 Å². The number of hydrogen-bond acceptors (Lipinski definition) is 4. The van der Waals surface area contributed by atoms with Crippen LogP contribution in [0.5, 0.6) is 0 Å². The third-order valence-electron chi connectivity index (χ3n) is 2.35. The van der Waals surface area contributed by atoms with Gasteiger partial charge in [0.15, 0.2) is 5.82 Å². The minimum atomic E-state index is -0.845. The van der Waals surface area contributed by atoms with E-state index in [9.17, 15) is 4.79 Å². The third kappa shape index (κ3) is 3.21. The molecule has 0 amide bonds. The second-order valence-electron chi connectivity index (χ2n) is 3.68. The van der Waals surface area contributed by atoms with Crippen molar-refractivity contribution < 1.29 is 9.90 Å². The lowest BCUT2D eigenvalue weighted by Crippen LogP contribution is -2.01. The Bertz CT molecular complexity index is 542. The molecule has 7 heteroatoms. The number of aryl methyl sites for hydroxylation is 1. The molecule has 1 aromatic carbocycles. The lowest BCUT2D eigenvalue weighted by atomic mass is 10.1. The number of aliphatic carboxylic acids is 1. The number of anilines is 2. The minimum Gasteiger partial charge on any atom is -0.481 e. The molecule has 0 spiro atoms. The first-order valence-corrected chi connectivity index (χ1v) is 5.66. The average molecular weight is 267 g/mol. The second kappa shape index (κ2) is 5.50. The van der Waals surface area contributed by atoms with Gasteiger partial charge in [0.05, 0.1) is 6.20 Å². The summed E-state index contributed by atoms with van der Waals surface area (Å²) in [5, 5.41) is 22.4. The zero-order chi connectivity index (χ0) is 13.0. The van der Waals surface area contributed by atoms with E-state index in [1.807, 2.05) is 0 Å². The van der Waals surface area contributed by atoms with E-state index in [1.54, 1.807) is 18.2 Å². The molecule has 0 saturated carbocycles. The van der Waals surface area contributed by atoms with Crippen molar-refractivity contribution in [3.63, 3.8) is 0 Å². The quantitative estimate of drug-likeness (QED) is 0.772. The van der Waals surface area contributed by atoms with E-state index in [-0.39, 0.29) is 6.42 Å². The Morgan fingerprint density at radius 3 is 3.00 bits per heavy atom. The molecule has 3 N–H and O–H groups in total. The summed E-state index contributed by atoms with van der Waals surface area (Å²) in [7, 11) is 0. The Balaban J connectivity index is 2.20. The number of aromatic amines is 1. The van der Waals surface area contributed by atoms with Gasteiger partial charge in [-0.1, -0.05) is 11.6 Å². The molecule has 0 saturated heterocycles. The molecule has 94 valence electrons. The summed E-state index contributed by atoms with van der Waals surface area (Å²) in [5.74, 6) is -0.281. The maximum Gasteiger partial charge on any atom is 0.303 e. The molecule has 0 aliphatic rings. The molecule has 0 atom stereocenters. The van der Waals surface area contributed by atoms with Gasteiger partial charge in [-0.25, -0.2) is 0 Å². The van der Waals surface area contributed by atoms with E-state index >= 15 is 0 Å². The van der Waals surface area contributed by atoms with Crippen LogP contribution >= 0.6 is 11.6 Å². The van der Waals surface area contributed by atoms with E-state index in [0.717, 1.165) is 11.3 Å². The van der Waals surface area contributed by atoms with Crippen LogP contribution < -0.4 is 5.32 Å². The number of H-pyrrole nitrogens is 1. The van der Waals surface area contributed by atoms with Crippen molar-refractivity contribution in [2.24, 2.45) is 0 Å². The standard InChI is InChI=1S/C11H11ClN4O2/c12-8-2-3-9(14-10-6-13-16-15-10)7(5-8)1-4-11(17)18/h2-3,5-6H,1,4H2,(H,17,18)(H2,13,14,15,16). The summed E-state index contributed by atoms with van der Waals surface area (Å²) in [6.45, 7) is 0. The minimum absolute atomic E-state index is 0.0494. The number of rotatable bonds is 5. The molecular formula is C11H11ClN4O2. The highest BCUT2D eigenvalue weighted by molar-refractivity contribution is 6.30. The molecule has 0 unspecified atom stereocenters. The summed E-state index contributed by atoms with van der Waals surface area (Å²) in [4.78, 5) is 10.6. The van der Waals surface area contributed by atoms with Gasteiger partial charge in [-0.15, -0.1) is 5.10 Å². The number of benzene rings is 1. The fourth-order valence-corrected chi connectivity index (χ4v) is 1.73. The molecule has 1 aromatic heterocycles. The van der Waals surface area contributed by atoms with Gasteiger partial charge in [0.25, 0.3) is 0 Å². The van der Waals surface area contributed by atoms with Crippen molar-refractivity contribution in [1.82, 2.24) is 15.4 Å². The highest BCUT2D eigenvalue weighted by atomic mass is 35.5. The summed E-state index contributed by atoms with van der Waals surface area (Å²) >= 11 is 5.90. The Hall–Kier alpha value is -2.08. The maximum absolute atomic E-state index is 10.6. The second-order valence-corrected chi connectivity index (χ2v) is 4.11. The Morgan fingerprint density at radius 2 is 2.33 bits per heavy atom. The molecule has 0 aliphatic heterocycles. The van der Waals surface area contributed by atoms with Gasteiger partial charge in [-0.3, -0.25) is 4.79 Å². The van der Waals surface area contributed by atoms with Crippen LogP contribution in [0.2, 0.25) is 5.02 Å². The van der Waals surface area contributed by atoms with Crippen LogP contribution in [0.3, 0.4) is 0 Å². The number of nitrogens with one attached hydrogen (secondary N) is 2. The first kappa shape index (κ1) is 12.4. The number of aromatic nitrogens is 3. The lowest BCUT2D eigenvalue weighted by molar-refractivity contribution is -0.136. The fourth-order valence-electron chi connectivity index (χ4n) is 1.53. The summed E-state index contributed by atoms with van der Waals surface area (Å²) in [6.07, 6.45) is 1.99. The largest absolute Gasteiger partial charge is 0.481 e.